The van der Waals surface area contributed by atoms with Crippen LogP contribution in [0.2, 0.25) is 0 Å². The Balaban J connectivity index is 1.85. The van der Waals surface area contributed by atoms with Crippen molar-refractivity contribution < 1.29 is 9.90 Å². The summed E-state index contributed by atoms with van der Waals surface area (Å²) in [6.45, 7) is 0.962. The second kappa shape index (κ2) is 4.60. The van der Waals surface area contributed by atoms with E-state index in [0.717, 1.165) is 31.5 Å². The summed E-state index contributed by atoms with van der Waals surface area (Å²) in [5, 5.41) is 9.77. The van der Waals surface area contributed by atoms with Crippen LogP contribution >= 0.6 is 0 Å². The van der Waals surface area contributed by atoms with Crippen LogP contribution in [0, 0.1) is 0 Å². The molecule has 1 saturated heterocycles. The fourth-order valence-corrected chi connectivity index (χ4v) is 4.27. The summed E-state index contributed by atoms with van der Waals surface area (Å²) in [4.78, 5) is 14.0. The van der Waals surface area contributed by atoms with Crippen LogP contribution in [0.3, 0.4) is 0 Å². The molecule has 4 nitrogen and oxygen atoms in total. The smallest absolute Gasteiger partial charge is 0.223 e. The molecule has 3 N–H and O–H groups in total. The number of hydrogen-bond acceptors (Lipinski definition) is 3. The number of fused-ring (bicyclic) bond motifs is 4. The first kappa shape index (κ1) is 12.9. The van der Waals surface area contributed by atoms with E-state index in [1.54, 1.807) is 0 Å². The fourth-order valence-electron chi connectivity index (χ4n) is 4.27. The summed E-state index contributed by atoms with van der Waals surface area (Å²) >= 11 is 0. The Hall–Kier alpha value is -1.81. The second-order valence-corrected chi connectivity index (χ2v) is 6.33. The number of aliphatic hydroxyl groups excluding tert-OH is 1. The maximum Gasteiger partial charge on any atom is 0.223 e. The molecule has 0 spiro atoms. The Labute approximate surface area is 124 Å². The van der Waals surface area contributed by atoms with Gasteiger partial charge in [-0.2, -0.15) is 0 Å². The van der Waals surface area contributed by atoms with Crippen LogP contribution in [0.25, 0.3) is 5.57 Å². The predicted molar refractivity (Wildman–Crippen MR) is 81.6 cm³/mol. The quantitative estimate of drug-likeness (QED) is 0.774. The zero-order chi connectivity index (χ0) is 14.6. The van der Waals surface area contributed by atoms with Crippen molar-refractivity contribution in [2.75, 3.05) is 18.9 Å². The molecular formula is C17H20N2O2. The zero-order valence-corrected chi connectivity index (χ0v) is 12.0. The van der Waals surface area contributed by atoms with Crippen molar-refractivity contribution in [1.29, 1.82) is 0 Å². The molecule has 1 aromatic carbocycles. The molecule has 0 radical (unpaired) electrons. The Morgan fingerprint density at radius 3 is 3.00 bits per heavy atom. The standard InChI is InChI=1S/C17H20N2O2/c18-11-1-2-12-13-5-6-19-16(3-4-17(19)21)15(13)7-10(9-20)14(12)8-11/h1-2,8,10,16,20H,3-7,9,18H2/t10-,16-/m0/s1. The molecule has 0 aromatic heterocycles. The van der Waals surface area contributed by atoms with Crippen LogP contribution in [-0.4, -0.2) is 35.1 Å². The van der Waals surface area contributed by atoms with Crippen LogP contribution in [0.1, 0.15) is 42.7 Å². The van der Waals surface area contributed by atoms with Gasteiger partial charge in [-0.25, -0.2) is 0 Å². The first-order chi connectivity index (χ1) is 10.2. The summed E-state index contributed by atoms with van der Waals surface area (Å²) in [7, 11) is 0. The lowest BCUT2D eigenvalue weighted by Crippen LogP contribution is -2.40. The SMILES string of the molecule is Nc1ccc2c(c1)[C@H](CO)CC1=C2CCN2C(=O)CC[C@@H]12. The van der Waals surface area contributed by atoms with E-state index in [1.165, 1.54) is 22.3 Å². The lowest BCUT2D eigenvalue weighted by atomic mass is 9.74. The molecule has 0 unspecified atom stereocenters. The maximum atomic E-state index is 12.0. The van der Waals surface area contributed by atoms with Gasteiger partial charge in [0.05, 0.1) is 12.6 Å². The van der Waals surface area contributed by atoms with Crippen molar-refractivity contribution in [2.24, 2.45) is 0 Å². The molecule has 1 aliphatic carbocycles. The van der Waals surface area contributed by atoms with E-state index in [2.05, 4.69) is 6.07 Å². The van der Waals surface area contributed by atoms with Gasteiger partial charge in [0.15, 0.2) is 0 Å². The van der Waals surface area contributed by atoms with Gasteiger partial charge in [-0.1, -0.05) is 6.07 Å². The fraction of sp³-hybridized carbons (Fsp3) is 0.471. The highest BCUT2D eigenvalue weighted by Crippen LogP contribution is 2.47. The highest BCUT2D eigenvalue weighted by molar-refractivity contribution is 5.84. The van der Waals surface area contributed by atoms with Gasteiger partial charge in [-0.3, -0.25) is 4.79 Å². The van der Waals surface area contributed by atoms with Crippen molar-refractivity contribution >= 4 is 17.2 Å². The van der Waals surface area contributed by atoms with E-state index in [4.69, 9.17) is 5.73 Å². The molecule has 4 rings (SSSR count). The molecule has 3 aliphatic rings. The van der Waals surface area contributed by atoms with Gasteiger partial charge >= 0.3 is 0 Å². The Bertz CT molecular complexity index is 650. The summed E-state index contributed by atoms with van der Waals surface area (Å²) in [6, 6.07) is 6.30. The topological polar surface area (TPSA) is 66.6 Å². The van der Waals surface area contributed by atoms with E-state index in [9.17, 15) is 9.90 Å². The van der Waals surface area contributed by atoms with E-state index >= 15 is 0 Å². The molecule has 1 aromatic rings. The molecule has 0 saturated carbocycles. The summed E-state index contributed by atoms with van der Waals surface area (Å²) in [5.41, 5.74) is 11.9. The number of nitrogens with two attached hydrogens (primary N) is 1. The van der Waals surface area contributed by atoms with Gasteiger partial charge in [-0.15, -0.1) is 0 Å². The molecule has 2 aliphatic heterocycles. The first-order valence-electron chi connectivity index (χ1n) is 7.71. The molecule has 2 atom stereocenters. The number of carbonyl (C=O) groups excluding carboxylic acids is 1. The highest BCUT2D eigenvalue weighted by atomic mass is 16.3. The lowest BCUT2D eigenvalue weighted by molar-refractivity contribution is -0.128. The van der Waals surface area contributed by atoms with Crippen LogP contribution < -0.4 is 5.73 Å². The average Bonchev–Trinajstić information content (AvgIpc) is 2.87. The third kappa shape index (κ3) is 1.82. The molecule has 21 heavy (non-hydrogen) atoms. The minimum Gasteiger partial charge on any atom is -0.399 e. The van der Waals surface area contributed by atoms with Gasteiger partial charge < -0.3 is 15.7 Å². The number of carbonyl (C=O) groups is 1. The molecular weight excluding hydrogens is 264 g/mol. The number of amides is 1. The second-order valence-electron chi connectivity index (χ2n) is 6.33. The number of nitrogens with zero attached hydrogens (tertiary/aromatic N) is 1. The first-order valence-corrected chi connectivity index (χ1v) is 7.71. The number of hydrogen-bond donors (Lipinski definition) is 2. The largest absolute Gasteiger partial charge is 0.399 e. The van der Waals surface area contributed by atoms with Crippen molar-refractivity contribution in [3.8, 4) is 0 Å². The molecule has 4 heteroatoms. The Kier molecular flexibility index (Phi) is 2.82. The zero-order valence-electron chi connectivity index (χ0n) is 12.0. The van der Waals surface area contributed by atoms with Crippen LogP contribution in [0.15, 0.2) is 23.8 Å². The number of rotatable bonds is 1. The van der Waals surface area contributed by atoms with Gasteiger partial charge in [0.2, 0.25) is 5.91 Å². The minimum absolute atomic E-state index is 0.109. The van der Waals surface area contributed by atoms with E-state index < -0.39 is 0 Å². The normalized spacial score (nSPS) is 27.5. The minimum atomic E-state index is 0.109. The highest BCUT2D eigenvalue weighted by Gasteiger charge is 2.40. The molecule has 110 valence electrons. The number of benzene rings is 1. The van der Waals surface area contributed by atoms with Crippen molar-refractivity contribution in [3.63, 3.8) is 0 Å². The molecule has 1 amide bonds. The monoisotopic (exact) mass is 284 g/mol. The lowest BCUT2D eigenvalue weighted by Gasteiger charge is -2.39. The molecule has 2 heterocycles. The van der Waals surface area contributed by atoms with Gasteiger partial charge in [0.25, 0.3) is 0 Å². The van der Waals surface area contributed by atoms with Gasteiger partial charge in [0, 0.05) is 24.6 Å². The molecule has 0 bridgehead atoms. The van der Waals surface area contributed by atoms with Crippen molar-refractivity contribution in [1.82, 2.24) is 4.90 Å². The third-order valence-electron chi connectivity index (χ3n) is 5.25. The van der Waals surface area contributed by atoms with Crippen LogP contribution in [-0.2, 0) is 4.79 Å². The predicted octanol–water partition coefficient (Wildman–Crippen LogP) is 1.90. The van der Waals surface area contributed by atoms with Crippen LogP contribution in [0.4, 0.5) is 5.69 Å². The van der Waals surface area contributed by atoms with Crippen molar-refractivity contribution in [3.05, 3.63) is 34.9 Å². The van der Waals surface area contributed by atoms with E-state index in [1.807, 2.05) is 17.0 Å². The Morgan fingerprint density at radius 2 is 2.19 bits per heavy atom. The number of nitrogen functional groups attached to an aromatic ring is 1. The van der Waals surface area contributed by atoms with E-state index in [0.29, 0.717) is 6.42 Å². The average molecular weight is 284 g/mol. The van der Waals surface area contributed by atoms with Gasteiger partial charge in [0.1, 0.15) is 0 Å². The Morgan fingerprint density at radius 1 is 1.33 bits per heavy atom. The number of aliphatic hydroxyl groups is 1. The van der Waals surface area contributed by atoms with E-state index in [-0.39, 0.29) is 24.5 Å². The van der Waals surface area contributed by atoms with Gasteiger partial charge in [-0.05, 0) is 53.7 Å². The summed E-state index contributed by atoms with van der Waals surface area (Å²) in [5.74, 6) is 0.396. The molecule has 1 fully saturated rings. The maximum absolute atomic E-state index is 12.0. The van der Waals surface area contributed by atoms with Crippen molar-refractivity contribution in [2.45, 2.75) is 37.6 Å². The summed E-state index contributed by atoms with van der Waals surface area (Å²) in [6.07, 6.45) is 3.38. The number of anilines is 1. The third-order valence-corrected chi connectivity index (χ3v) is 5.25. The summed E-state index contributed by atoms with van der Waals surface area (Å²) < 4.78 is 0. The van der Waals surface area contributed by atoms with Crippen LogP contribution in [0.5, 0.6) is 0 Å².